The Balaban J connectivity index is 1.76. The predicted octanol–water partition coefficient (Wildman–Crippen LogP) is 1.68. The van der Waals surface area contributed by atoms with Gasteiger partial charge in [0.25, 0.3) is 0 Å². The third-order valence-corrected chi connectivity index (χ3v) is 6.08. The minimum atomic E-state index is -0.943. The molecule has 0 saturated heterocycles. The zero-order valence-corrected chi connectivity index (χ0v) is 12.7. The quantitative estimate of drug-likeness (QED) is 0.655. The highest BCUT2D eigenvalue weighted by Crippen LogP contribution is 2.60. The molecular formula is C14H20N4O2S. The summed E-state index contributed by atoms with van der Waals surface area (Å²) in [6.45, 7) is -0.220. The minimum absolute atomic E-state index is 0.0286. The highest BCUT2D eigenvalue weighted by molar-refractivity contribution is 7.71. The van der Waals surface area contributed by atoms with Crippen LogP contribution in [-0.2, 0) is 16.8 Å². The van der Waals surface area contributed by atoms with Gasteiger partial charge in [-0.15, -0.1) is 0 Å². The molecule has 0 spiro atoms. The van der Waals surface area contributed by atoms with Gasteiger partial charge in [0, 0.05) is 5.41 Å². The van der Waals surface area contributed by atoms with Crippen molar-refractivity contribution >= 4 is 18.2 Å². The molecular weight excluding hydrogens is 288 g/mol. The van der Waals surface area contributed by atoms with Crippen LogP contribution in [0.1, 0.15) is 44.3 Å². The normalized spacial score (nSPS) is 37.0. The number of carbonyl (C=O) groups is 1. The lowest BCUT2D eigenvalue weighted by molar-refractivity contribution is -0.137. The second-order valence-corrected chi connectivity index (χ2v) is 7.59. The van der Waals surface area contributed by atoms with Crippen molar-refractivity contribution in [2.24, 2.45) is 17.8 Å². The Morgan fingerprint density at radius 1 is 1.29 bits per heavy atom. The molecule has 1 aromatic heterocycles. The lowest BCUT2D eigenvalue weighted by atomic mass is 9.49. The Labute approximate surface area is 127 Å². The summed E-state index contributed by atoms with van der Waals surface area (Å²) in [4.78, 5) is 10.9. The number of nitrogens with two attached hydrogens (primary N) is 1. The molecule has 4 aliphatic rings. The van der Waals surface area contributed by atoms with Gasteiger partial charge in [-0.05, 0) is 68.5 Å². The molecule has 1 heterocycles. The first-order chi connectivity index (χ1) is 9.97. The van der Waals surface area contributed by atoms with Crippen LogP contribution in [-0.4, -0.2) is 25.5 Å². The minimum Gasteiger partial charge on any atom is -0.480 e. The maximum atomic E-state index is 10.9. The molecule has 4 fully saturated rings. The molecule has 0 unspecified atom stereocenters. The van der Waals surface area contributed by atoms with Crippen LogP contribution in [0.25, 0.3) is 0 Å². The molecule has 6 nitrogen and oxygen atoms in total. The number of aromatic nitrogens is 3. The highest BCUT2D eigenvalue weighted by atomic mass is 32.1. The molecule has 4 aliphatic carbocycles. The van der Waals surface area contributed by atoms with E-state index in [1.54, 1.807) is 0 Å². The van der Waals surface area contributed by atoms with E-state index in [9.17, 15) is 4.79 Å². The van der Waals surface area contributed by atoms with E-state index in [0.717, 1.165) is 42.8 Å². The molecule has 0 aromatic carbocycles. The molecule has 5 rings (SSSR count). The van der Waals surface area contributed by atoms with E-state index in [1.807, 2.05) is 0 Å². The fourth-order valence-electron chi connectivity index (χ4n) is 5.40. The van der Waals surface area contributed by atoms with Gasteiger partial charge in [0.2, 0.25) is 4.77 Å². The van der Waals surface area contributed by atoms with Crippen molar-refractivity contribution in [1.82, 2.24) is 14.5 Å². The molecule has 0 radical (unpaired) electrons. The largest absolute Gasteiger partial charge is 0.480 e. The standard InChI is InChI=1S/C14H20N4O2S/c15-18-12(16-17(13(18)21)7-11(19)20)14-4-8-1-9(5-14)3-10(2-8)6-14/h8-10H,1-7,15H2,(H,19,20). The lowest BCUT2D eigenvalue weighted by Gasteiger charge is -2.55. The van der Waals surface area contributed by atoms with Crippen LogP contribution in [0, 0.1) is 22.5 Å². The van der Waals surface area contributed by atoms with Gasteiger partial charge in [-0.25, -0.2) is 9.36 Å². The summed E-state index contributed by atoms with van der Waals surface area (Å²) in [7, 11) is 0. The van der Waals surface area contributed by atoms with Crippen molar-refractivity contribution in [1.29, 1.82) is 0 Å². The average molecular weight is 308 g/mol. The number of aliphatic carboxylic acids is 1. The van der Waals surface area contributed by atoms with Gasteiger partial charge in [0.05, 0.1) is 0 Å². The molecule has 3 N–H and O–H groups in total. The molecule has 4 bridgehead atoms. The van der Waals surface area contributed by atoms with Gasteiger partial charge < -0.3 is 10.9 Å². The monoisotopic (exact) mass is 308 g/mol. The van der Waals surface area contributed by atoms with E-state index >= 15 is 0 Å². The molecule has 4 saturated carbocycles. The number of rotatable bonds is 3. The van der Waals surface area contributed by atoms with Gasteiger partial charge in [0.1, 0.15) is 6.54 Å². The molecule has 7 heteroatoms. The van der Waals surface area contributed by atoms with Crippen LogP contribution in [0.5, 0.6) is 0 Å². The van der Waals surface area contributed by atoms with Crippen LogP contribution < -0.4 is 5.84 Å². The van der Waals surface area contributed by atoms with E-state index < -0.39 is 5.97 Å². The molecule has 0 aliphatic heterocycles. The van der Waals surface area contributed by atoms with Gasteiger partial charge in [-0.3, -0.25) is 4.79 Å². The van der Waals surface area contributed by atoms with Gasteiger partial charge in [-0.1, -0.05) is 0 Å². The smallest absolute Gasteiger partial charge is 0.325 e. The lowest BCUT2D eigenvalue weighted by Crippen LogP contribution is -2.50. The fourth-order valence-corrected chi connectivity index (χ4v) is 5.59. The number of nitrogen functional groups attached to an aromatic ring is 1. The fraction of sp³-hybridized carbons (Fsp3) is 0.786. The first-order valence-corrected chi connectivity index (χ1v) is 8.05. The van der Waals surface area contributed by atoms with Crippen molar-refractivity contribution in [3.05, 3.63) is 10.6 Å². The summed E-state index contributed by atoms with van der Waals surface area (Å²) in [5.41, 5.74) is 0.0286. The Kier molecular flexibility index (Phi) is 2.73. The topological polar surface area (TPSA) is 86.1 Å². The summed E-state index contributed by atoms with van der Waals surface area (Å²) >= 11 is 5.26. The van der Waals surface area contributed by atoms with Crippen molar-refractivity contribution < 1.29 is 9.90 Å². The predicted molar refractivity (Wildman–Crippen MR) is 78.7 cm³/mol. The third kappa shape index (κ3) is 1.93. The highest BCUT2D eigenvalue weighted by Gasteiger charge is 2.54. The molecule has 1 aromatic rings. The Morgan fingerprint density at radius 2 is 1.81 bits per heavy atom. The van der Waals surface area contributed by atoms with E-state index in [1.165, 1.54) is 28.6 Å². The van der Waals surface area contributed by atoms with Crippen LogP contribution >= 0.6 is 12.2 Å². The van der Waals surface area contributed by atoms with E-state index in [-0.39, 0.29) is 12.0 Å². The summed E-state index contributed by atoms with van der Waals surface area (Å²) in [6, 6.07) is 0. The summed E-state index contributed by atoms with van der Waals surface area (Å²) in [5.74, 6) is 8.37. The van der Waals surface area contributed by atoms with E-state index in [2.05, 4.69) is 5.10 Å². The Morgan fingerprint density at radius 3 is 2.29 bits per heavy atom. The third-order valence-electron chi connectivity index (χ3n) is 5.67. The molecule has 114 valence electrons. The Hall–Kier alpha value is -1.37. The van der Waals surface area contributed by atoms with E-state index in [4.69, 9.17) is 23.2 Å². The van der Waals surface area contributed by atoms with Crippen LogP contribution in [0.2, 0.25) is 0 Å². The van der Waals surface area contributed by atoms with Crippen molar-refractivity contribution in [3.8, 4) is 0 Å². The van der Waals surface area contributed by atoms with Gasteiger partial charge in [0.15, 0.2) is 5.82 Å². The maximum absolute atomic E-state index is 10.9. The van der Waals surface area contributed by atoms with Crippen LogP contribution in [0.3, 0.4) is 0 Å². The van der Waals surface area contributed by atoms with Gasteiger partial charge >= 0.3 is 5.97 Å². The number of carboxylic acid groups (broad SMARTS) is 1. The van der Waals surface area contributed by atoms with Crippen molar-refractivity contribution in [3.63, 3.8) is 0 Å². The number of nitrogens with zero attached hydrogens (tertiary/aromatic N) is 3. The summed E-state index contributed by atoms with van der Waals surface area (Å²) in [5, 5.41) is 13.5. The first-order valence-electron chi connectivity index (χ1n) is 7.64. The SMILES string of the molecule is Nn1c(C23CC4CC(CC(C4)C2)C3)nn(CC(=O)O)c1=S. The first kappa shape index (κ1) is 13.3. The zero-order valence-electron chi connectivity index (χ0n) is 11.9. The van der Waals surface area contributed by atoms with Crippen LogP contribution in [0.4, 0.5) is 0 Å². The van der Waals surface area contributed by atoms with Crippen LogP contribution in [0.15, 0.2) is 0 Å². The molecule has 21 heavy (non-hydrogen) atoms. The maximum Gasteiger partial charge on any atom is 0.325 e. The molecule has 0 amide bonds. The number of hydrogen-bond acceptors (Lipinski definition) is 4. The second-order valence-electron chi connectivity index (χ2n) is 7.23. The molecule has 0 atom stereocenters. The summed E-state index contributed by atoms with van der Waals surface area (Å²) in [6.07, 6.45) is 7.44. The second kappa shape index (κ2) is 4.32. The van der Waals surface area contributed by atoms with Crippen molar-refractivity contribution in [2.75, 3.05) is 5.84 Å². The number of carboxylic acids is 1. The van der Waals surface area contributed by atoms with Gasteiger partial charge in [-0.2, -0.15) is 5.10 Å². The zero-order chi connectivity index (χ0) is 14.8. The Bertz CT molecular complexity index is 627. The average Bonchev–Trinajstić information content (AvgIpc) is 2.65. The number of hydrogen-bond donors (Lipinski definition) is 2. The summed E-state index contributed by atoms with van der Waals surface area (Å²) < 4.78 is 3.12. The van der Waals surface area contributed by atoms with Crippen molar-refractivity contribution in [2.45, 2.75) is 50.5 Å². The van der Waals surface area contributed by atoms with E-state index in [0.29, 0.717) is 4.77 Å².